The monoisotopic (exact) mass is 392 g/mol. The van der Waals surface area contributed by atoms with Gasteiger partial charge in [0.1, 0.15) is 17.6 Å². The minimum Gasteiger partial charge on any atom is -0.496 e. The van der Waals surface area contributed by atoms with Gasteiger partial charge in [-0.15, -0.1) is 0 Å². The van der Waals surface area contributed by atoms with Crippen LogP contribution in [0.25, 0.3) is 11.0 Å². The minimum atomic E-state index is -0.643. The molecule has 2 amide bonds. The molecule has 1 aliphatic rings. The molecule has 0 bridgehead atoms. The van der Waals surface area contributed by atoms with Crippen molar-refractivity contribution in [3.63, 3.8) is 0 Å². The van der Waals surface area contributed by atoms with Crippen LogP contribution in [0.4, 0.5) is 0 Å². The Morgan fingerprint density at radius 1 is 0.897 bits per heavy atom. The van der Waals surface area contributed by atoms with Gasteiger partial charge in [0, 0.05) is 31.7 Å². The predicted molar refractivity (Wildman–Crippen MR) is 106 cm³/mol. The molecule has 29 heavy (non-hydrogen) atoms. The Hall–Kier alpha value is -3.61. The van der Waals surface area contributed by atoms with Crippen LogP contribution in [0, 0.1) is 0 Å². The van der Waals surface area contributed by atoms with Crippen molar-refractivity contribution in [1.82, 2.24) is 9.80 Å². The number of fused-ring (bicyclic) bond motifs is 1. The van der Waals surface area contributed by atoms with E-state index in [0.717, 1.165) is 0 Å². The van der Waals surface area contributed by atoms with Gasteiger partial charge in [-0.3, -0.25) is 14.4 Å². The molecule has 0 unspecified atom stereocenters. The van der Waals surface area contributed by atoms with Gasteiger partial charge in [-0.2, -0.15) is 0 Å². The molecule has 0 aliphatic carbocycles. The van der Waals surface area contributed by atoms with E-state index in [1.54, 1.807) is 35.2 Å². The van der Waals surface area contributed by atoms with Gasteiger partial charge in [0.15, 0.2) is 0 Å². The van der Waals surface area contributed by atoms with Crippen molar-refractivity contribution in [1.29, 1.82) is 0 Å². The Bertz CT molecular complexity index is 1070. The van der Waals surface area contributed by atoms with Gasteiger partial charge in [-0.05, 0) is 24.3 Å². The summed E-state index contributed by atoms with van der Waals surface area (Å²) >= 11 is 0. The van der Waals surface area contributed by atoms with Crippen molar-refractivity contribution in [3.05, 3.63) is 65.9 Å². The number of Topliss-reactive ketones (excluding diaryl/α,β-unsaturated/α-hetero) is 1. The number of methoxy groups -OCH3 is 1. The maximum absolute atomic E-state index is 12.8. The van der Waals surface area contributed by atoms with Gasteiger partial charge in [-0.25, -0.2) is 0 Å². The van der Waals surface area contributed by atoms with Crippen LogP contribution in [0.15, 0.2) is 59.2 Å². The normalized spacial score (nSPS) is 14.1. The fraction of sp³-hybridized carbons (Fsp3) is 0.227. The molecule has 2 aromatic carbocycles. The molecule has 1 aromatic heterocycles. The van der Waals surface area contributed by atoms with E-state index >= 15 is 0 Å². The van der Waals surface area contributed by atoms with Crippen LogP contribution in [0.3, 0.4) is 0 Å². The third-order valence-corrected chi connectivity index (χ3v) is 5.09. The molecule has 148 valence electrons. The SMILES string of the molecule is COc1cccc2occ(C(=O)C(=O)N3CCN(C(=O)c4ccccc4)CC3)c12. The smallest absolute Gasteiger partial charge is 0.295 e. The van der Waals surface area contributed by atoms with Gasteiger partial charge < -0.3 is 19.0 Å². The zero-order valence-corrected chi connectivity index (χ0v) is 16.0. The Kier molecular flexibility index (Phi) is 5.03. The highest BCUT2D eigenvalue weighted by atomic mass is 16.5. The van der Waals surface area contributed by atoms with E-state index in [9.17, 15) is 14.4 Å². The number of piperazine rings is 1. The fourth-order valence-corrected chi connectivity index (χ4v) is 3.53. The largest absolute Gasteiger partial charge is 0.496 e. The quantitative estimate of drug-likeness (QED) is 0.504. The molecule has 0 spiro atoms. The highest BCUT2D eigenvalue weighted by Crippen LogP contribution is 2.31. The molecule has 7 nitrogen and oxygen atoms in total. The lowest BCUT2D eigenvalue weighted by Crippen LogP contribution is -2.52. The summed E-state index contributed by atoms with van der Waals surface area (Å²) in [6.07, 6.45) is 1.29. The summed E-state index contributed by atoms with van der Waals surface area (Å²) < 4.78 is 10.7. The first kappa shape index (κ1) is 18.7. The number of carbonyl (C=O) groups is 3. The van der Waals surface area contributed by atoms with E-state index in [0.29, 0.717) is 48.5 Å². The first-order valence-electron chi connectivity index (χ1n) is 9.32. The fourth-order valence-electron chi connectivity index (χ4n) is 3.53. The maximum atomic E-state index is 12.8. The number of rotatable bonds is 4. The number of ether oxygens (including phenoxy) is 1. The van der Waals surface area contributed by atoms with Gasteiger partial charge in [0.05, 0.1) is 18.1 Å². The molecular weight excluding hydrogens is 372 g/mol. The van der Waals surface area contributed by atoms with Crippen LogP contribution in [-0.4, -0.2) is 60.7 Å². The molecule has 2 heterocycles. The molecule has 3 aromatic rings. The van der Waals surface area contributed by atoms with Crippen LogP contribution < -0.4 is 4.74 Å². The van der Waals surface area contributed by atoms with E-state index in [1.165, 1.54) is 18.3 Å². The third-order valence-electron chi connectivity index (χ3n) is 5.09. The molecule has 1 fully saturated rings. The molecule has 4 rings (SSSR count). The summed E-state index contributed by atoms with van der Waals surface area (Å²) in [6, 6.07) is 14.2. The lowest BCUT2D eigenvalue weighted by Gasteiger charge is -2.34. The molecule has 0 N–H and O–H groups in total. The number of benzene rings is 2. The molecule has 0 saturated carbocycles. The molecule has 0 radical (unpaired) electrons. The zero-order valence-electron chi connectivity index (χ0n) is 16.0. The van der Waals surface area contributed by atoms with E-state index in [-0.39, 0.29) is 11.5 Å². The van der Waals surface area contributed by atoms with Crippen LogP contribution in [0.2, 0.25) is 0 Å². The summed E-state index contributed by atoms with van der Waals surface area (Å²) in [5.41, 5.74) is 1.28. The van der Waals surface area contributed by atoms with E-state index < -0.39 is 11.7 Å². The van der Waals surface area contributed by atoms with E-state index in [1.807, 2.05) is 18.2 Å². The average Bonchev–Trinajstić information content (AvgIpc) is 3.22. The molecule has 7 heteroatoms. The Labute approximate surface area is 167 Å². The lowest BCUT2D eigenvalue weighted by molar-refractivity contribution is -0.127. The molecule has 1 saturated heterocycles. The first-order valence-corrected chi connectivity index (χ1v) is 9.32. The van der Waals surface area contributed by atoms with Gasteiger partial charge in [0.25, 0.3) is 17.6 Å². The van der Waals surface area contributed by atoms with Crippen molar-refractivity contribution >= 4 is 28.6 Å². The highest BCUT2D eigenvalue weighted by Gasteiger charge is 2.31. The summed E-state index contributed by atoms with van der Waals surface area (Å²) in [5.74, 6) is -0.846. The topological polar surface area (TPSA) is 80.1 Å². The Morgan fingerprint density at radius 3 is 2.28 bits per heavy atom. The number of hydrogen-bond donors (Lipinski definition) is 0. The maximum Gasteiger partial charge on any atom is 0.295 e. The highest BCUT2D eigenvalue weighted by molar-refractivity contribution is 6.45. The number of hydrogen-bond acceptors (Lipinski definition) is 5. The zero-order chi connectivity index (χ0) is 20.4. The second-order valence-corrected chi connectivity index (χ2v) is 6.76. The van der Waals surface area contributed by atoms with Crippen molar-refractivity contribution < 1.29 is 23.5 Å². The minimum absolute atomic E-state index is 0.0745. The summed E-state index contributed by atoms with van der Waals surface area (Å²) in [4.78, 5) is 41.3. The average molecular weight is 392 g/mol. The van der Waals surface area contributed by atoms with Gasteiger partial charge >= 0.3 is 0 Å². The van der Waals surface area contributed by atoms with Crippen LogP contribution in [0.5, 0.6) is 5.75 Å². The number of amides is 2. The van der Waals surface area contributed by atoms with Crippen molar-refractivity contribution in [2.75, 3.05) is 33.3 Å². The predicted octanol–water partition coefficient (Wildman–Crippen LogP) is 2.61. The van der Waals surface area contributed by atoms with E-state index in [2.05, 4.69) is 0 Å². The van der Waals surface area contributed by atoms with Crippen LogP contribution in [-0.2, 0) is 4.79 Å². The van der Waals surface area contributed by atoms with Gasteiger partial charge in [0.2, 0.25) is 0 Å². The summed E-state index contributed by atoms with van der Waals surface area (Å²) in [7, 11) is 1.50. The lowest BCUT2D eigenvalue weighted by atomic mass is 10.1. The van der Waals surface area contributed by atoms with E-state index in [4.69, 9.17) is 9.15 Å². The standard InChI is InChI=1S/C22H20N2O5/c1-28-17-8-5-9-18-19(17)16(14-29-18)20(25)22(27)24-12-10-23(11-13-24)21(26)15-6-3-2-4-7-15/h2-9,14H,10-13H2,1H3. The second kappa shape index (κ2) is 7.79. The van der Waals surface area contributed by atoms with Gasteiger partial charge in [-0.1, -0.05) is 24.3 Å². The van der Waals surface area contributed by atoms with Crippen molar-refractivity contribution in [2.45, 2.75) is 0 Å². The van der Waals surface area contributed by atoms with Crippen LogP contribution >= 0.6 is 0 Å². The van der Waals surface area contributed by atoms with Crippen LogP contribution in [0.1, 0.15) is 20.7 Å². The Morgan fingerprint density at radius 2 is 1.59 bits per heavy atom. The first-order chi connectivity index (χ1) is 14.1. The van der Waals surface area contributed by atoms with Crippen molar-refractivity contribution in [3.8, 4) is 5.75 Å². The summed E-state index contributed by atoms with van der Waals surface area (Å²) in [5, 5.41) is 0.492. The Balaban J connectivity index is 1.46. The van der Waals surface area contributed by atoms with Crippen molar-refractivity contribution in [2.24, 2.45) is 0 Å². The summed E-state index contributed by atoms with van der Waals surface area (Å²) in [6.45, 7) is 1.36. The number of ketones is 1. The molecular formula is C22H20N2O5. The number of nitrogens with zero attached hydrogens (tertiary/aromatic N) is 2. The number of carbonyl (C=O) groups excluding carboxylic acids is 3. The molecule has 1 aliphatic heterocycles. The molecule has 0 atom stereocenters. The number of furan rings is 1. The third kappa shape index (κ3) is 3.47. The second-order valence-electron chi connectivity index (χ2n) is 6.76.